The van der Waals surface area contributed by atoms with Gasteiger partial charge in [0.05, 0.1) is 0 Å². The van der Waals surface area contributed by atoms with Crippen molar-refractivity contribution in [2.45, 2.75) is 50.9 Å². The Morgan fingerprint density at radius 1 is 1.53 bits per heavy atom. The molecular weight excluding hydrogens is 186 g/mol. The van der Waals surface area contributed by atoms with Crippen LogP contribution < -0.4 is 5.73 Å². The predicted octanol–water partition coefficient (Wildman–Crippen LogP) is 2.52. The minimum Gasteiger partial charge on any atom is -0.345 e. The molecule has 3 heteroatoms. The fraction of sp³-hybridized carbons (Fsp3) is 0.750. The first-order valence-electron chi connectivity index (χ1n) is 6.10. The number of nitrogens with one attached hydrogen (secondary N) is 1. The molecular formula is C12H21N3. The summed E-state index contributed by atoms with van der Waals surface area (Å²) in [5.41, 5.74) is 7.05. The average Bonchev–Trinajstić information content (AvgIpc) is 2.89. The second kappa shape index (κ2) is 4.79. The summed E-state index contributed by atoms with van der Waals surface area (Å²) in [6.45, 7) is 2.85. The van der Waals surface area contributed by atoms with Crippen molar-refractivity contribution in [3.05, 3.63) is 17.7 Å². The average molecular weight is 207 g/mol. The summed E-state index contributed by atoms with van der Waals surface area (Å²) in [6, 6.07) is 0. The molecule has 15 heavy (non-hydrogen) atoms. The van der Waals surface area contributed by atoms with E-state index in [2.05, 4.69) is 16.9 Å². The molecule has 84 valence electrons. The zero-order valence-corrected chi connectivity index (χ0v) is 9.50. The van der Waals surface area contributed by atoms with Crippen molar-refractivity contribution in [2.24, 2.45) is 5.73 Å². The number of aromatic amines is 1. The van der Waals surface area contributed by atoms with Crippen molar-refractivity contribution in [2.75, 3.05) is 6.54 Å². The van der Waals surface area contributed by atoms with Gasteiger partial charge in [-0.2, -0.15) is 0 Å². The van der Waals surface area contributed by atoms with Crippen LogP contribution >= 0.6 is 0 Å². The fourth-order valence-corrected chi connectivity index (χ4v) is 2.47. The Hall–Kier alpha value is -0.830. The molecule has 1 heterocycles. The van der Waals surface area contributed by atoms with E-state index in [9.17, 15) is 0 Å². The molecule has 1 saturated carbocycles. The molecule has 1 fully saturated rings. The topological polar surface area (TPSA) is 54.7 Å². The van der Waals surface area contributed by atoms with Crippen LogP contribution in [0.5, 0.6) is 0 Å². The molecule has 1 aromatic heterocycles. The van der Waals surface area contributed by atoms with Crippen LogP contribution in [0.25, 0.3) is 0 Å². The first-order valence-corrected chi connectivity index (χ1v) is 6.10. The van der Waals surface area contributed by atoms with Gasteiger partial charge in [-0.25, -0.2) is 4.98 Å². The lowest BCUT2D eigenvalue weighted by Gasteiger charge is -2.09. The lowest BCUT2D eigenvalue weighted by atomic mass is 10.1. The molecule has 0 radical (unpaired) electrons. The van der Waals surface area contributed by atoms with Gasteiger partial charge >= 0.3 is 0 Å². The van der Waals surface area contributed by atoms with Crippen molar-refractivity contribution in [1.29, 1.82) is 0 Å². The van der Waals surface area contributed by atoms with Crippen LogP contribution in [0.1, 0.15) is 62.4 Å². The van der Waals surface area contributed by atoms with Crippen LogP contribution in [0.3, 0.4) is 0 Å². The van der Waals surface area contributed by atoms with Crippen molar-refractivity contribution >= 4 is 0 Å². The van der Waals surface area contributed by atoms with E-state index >= 15 is 0 Å². The number of rotatable bonds is 4. The van der Waals surface area contributed by atoms with E-state index in [-0.39, 0.29) is 0 Å². The van der Waals surface area contributed by atoms with Gasteiger partial charge in [0.15, 0.2) is 0 Å². The van der Waals surface area contributed by atoms with E-state index < -0.39 is 0 Å². The Balaban J connectivity index is 2.08. The van der Waals surface area contributed by atoms with Crippen LogP contribution in [-0.2, 0) is 0 Å². The molecule has 3 N–H and O–H groups in total. The maximum atomic E-state index is 5.72. The summed E-state index contributed by atoms with van der Waals surface area (Å²) in [5.74, 6) is 2.21. The van der Waals surface area contributed by atoms with Gasteiger partial charge in [-0.05, 0) is 19.3 Å². The number of hydrogen-bond acceptors (Lipinski definition) is 2. The molecule has 0 saturated heterocycles. The number of nitrogens with two attached hydrogens (primary N) is 1. The number of imidazole rings is 1. The van der Waals surface area contributed by atoms with Crippen LogP contribution in [0.15, 0.2) is 6.20 Å². The molecule has 1 atom stereocenters. The maximum absolute atomic E-state index is 5.72. The van der Waals surface area contributed by atoms with Crippen LogP contribution in [0.2, 0.25) is 0 Å². The number of nitrogens with zero attached hydrogens (tertiary/aromatic N) is 1. The summed E-state index contributed by atoms with van der Waals surface area (Å²) in [6.07, 6.45) is 8.46. The molecule has 1 unspecified atom stereocenters. The Morgan fingerprint density at radius 2 is 2.27 bits per heavy atom. The summed E-state index contributed by atoms with van der Waals surface area (Å²) in [4.78, 5) is 7.93. The van der Waals surface area contributed by atoms with Crippen LogP contribution in [-0.4, -0.2) is 16.5 Å². The Kier molecular flexibility index (Phi) is 3.41. The van der Waals surface area contributed by atoms with Crippen molar-refractivity contribution < 1.29 is 0 Å². The van der Waals surface area contributed by atoms with E-state index in [1.54, 1.807) is 0 Å². The van der Waals surface area contributed by atoms with Crippen molar-refractivity contribution in [3.63, 3.8) is 0 Å². The molecule has 2 rings (SSSR count). The lowest BCUT2D eigenvalue weighted by molar-refractivity contribution is 0.630. The van der Waals surface area contributed by atoms with Gasteiger partial charge in [-0.15, -0.1) is 0 Å². The normalized spacial score (nSPS) is 19.6. The van der Waals surface area contributed by atoms with Gasteiger partial charge in [0, 0.05) is 30.3 Å². The molecule has 0 bridgehead atoms. The molecule has 0 spiro atoms. The smallest absolute Gasteiger partial charge is 0.110 e. The predicted molar refractivity (Wildman–Crippen MR) is 61.9 cm³/mol. The molecule has 0 aliphatic heterocycles. The highest BCUT2D eigenvalue weighted by Crippen LogP contribution is 2.33. The zero-order chi connectivity index (χ0) is 10.7. The largest absolute Gasteiger partial charge is 0.345 e. The first-order chi connectivity index (χ1) is 7.35. The molecule has 1 aliphatic rings. The van der Waals surface area contributed by atoms with Gasteiger partial charge in [-0.1, -0.05) is 19.8 Å². The van der Waals surface area contributed by atoms with E-state index in [1.165, 1.54) is 31.4 Å². The lowest BCUT2D eigenvalue weighted by Crippen LogP contribution is -2.13. The summed E-state index contributed by atoms with van der Waals surface area (Å²) < 4.78 is 0. The fourth-order valence-electron chi connectivity index (χ4n) is 2.47. The molecule has 0 aromatic carbocycles. The Morgan fingerprint density at radius 3 is 2.87 bits per heavy atom. The zero-order valence-electron chi connectivity index (χ0n) is 9.50. The highest BCUT2D eigenvalue weighted by Gasteiger charge is 2.20. The van der Waals surface area contributed by atoms with Crippen LogP contribution in [0.4, 0.5) is 0 Å². The molecule has 3 nitrogen and oxygen atoms in total. The molecule has 0 amide bonds. The van der Waals surface area contributed by atoms with Gasteiger partial charge in [0.1, 0.15) is 5.82 Å². The summed E-state index contributed by atoms with van der Waals surface area (Å²) >= 11 is 0. The van der Waals surface area contributed by atoms with Crippen LogP contribution in [0, 0.1) is 0 Å². The number of aromatic nitrogens is 2. The third-order valence-corrected chi connectivity index (χ3v) is 3.57. The SMILES string of the molecule is CCC(CN)c1ncc(C2CCCC2)[nH]1. The second-order valence-corrected chi connectivity index (χ2v) is 4.55. The number of H-pyrrole nitrogens is 1. The quantitative estimate of drug-likeness (QED) is 0.797. The summed E-state index contributed by atoms with van der Waals surface area (Å²) in [5, 5.41) is 0. The monoisotopic (exact) mass is 207 g/mol. The third kappa shape index (κ3) is 2.23. The van der Waals surface area contributed by atoms with E-state index in [0.717, 1.165) is 18.2 Å². The number of hydrogen-bond donors (Lipinski definition) is 2. The Bertz CT molecular complexity index is 279. The van der Waals surface area contributed by atoms with E-state index in [1.807, 2.05) is 6.20 Å². The van der Waals surface area contributed by atoms with Gasteiger partial charge < -0.3 is 10.7 Å². The highest BCUT2D eigenvalue weighted by atomic mass is 14.9. The molecule has 1 aromatic rings. The van der Waals surface area contributed by atoms with Gasteiger partial charge in [0.2, 0.25) is 0 Å². The van der Waals surface area contributed by atoms with Crippen molar-refractivity contribution in [3.8, 4) is 0 Å². The maximum Gasteiger partial charge on any atom is 0.110 e. The minimum absolute atomic E-state index is 0.403. The third-order valence-electron chi connectivity index (χ3n) is 3.57. The van der Waals surface area contributed by atoms with Crippen molar-refractivity contribution in [1.82, 2.24) is 9.97 Å². The second-order valence-electron chi connectivity index (χ2n) is 4.55. The summed E-state index contributed by atoms with van der Waals surface area (Å²) in [7, 11) is 0. The van der Waals surface area contributed by atoms with E-state index in [0.29, 0.717) is 12.5 Å². The Labute approximate surface area is 91.5 Å². The van der Waals surface area contributed by atoms with E-state index in [4.69, 9.17) is 5.73 Å². The highest BCUT2D eigenvalue weighted by molar-refractivity contribution is 5.11. The first kappa shape index (κ1) is 10.7. The minimum atomic E-state index is 0.403. The molecule has 1 aliphatic carbocycles. The van der Waals surface area contributed by atoms with Gasteiger partial charge in [0.25, 0.3) is 0 Å². The van der Waals surface area contributed by atoms with Gasteiger partial charge in [-0.3, -0.25) is 0 Å². The standard InChI is InChI=1S/C12H21N3/c1-2-9(7-13)12-14-8-11(15-12)10-5-3-4-6-10/h8-10H,2-7,13H2,1H3,(H,14,15).